The maximum atomic E-state index is 12.7. The number of aliphatic carboxylic acids is 1. The number of ether oxygens (including phenoxy) is 1. The molecule has 1 unspecified atom stereocenters. The maximum Gasteiger partial charge on any atom is 0.317 e. The Balaban J connectivity index is 1.72. The van der Waals surface area contributed by atoms with Gasteiger partial charge in [-0.25, -0.2) is 0 Å². The fourth-order valence-electron chi connectivity index (χ4n) is 3.26. The van der Waals surface area contributed by atoms with Crippen molar-refractivity contribution in [1.29, 1.82) is 0 Å². The maximum absolute atomic E-state index is 12.7. The summed E-state index contributed by atoms with van der Waals surface area (Å²) in [6, 6.07) is 21.5. The van der Waals surface area contributed by atoms with E-state index < -0.39 is 5.97 Å². The summed E-state index contributed by atoms with van der Waals surface area (Å²) in [4.78, 5) is 25.4. The predicted molar refractivity (Wildman–Crippen MR) is 126 cm³/mol. The fourth-order valence-corrected chi connectivity index (χ4v) is 3.56. The number of hydrogen-bond acceptors (Lipinski definition) is 4. The number of nitrogens with zero attached hydrogens (tertiary/aromatic N) is 1. The monoisotopic (exact) mass is 471 g/mol. The number of halogens is 2. The van der Waals surface area contributed by atoms with Gasteiger partial charge in [-0.3, -0.25) is 14.5 Å². The number of carbonyl (C=O) groups excluding carboxylic acids is 1. The molecule has 0 fully saturated rings. The number of carboxylic acid groups (broad SMARTS) is 1. The van der Waals surface area contributed by atoms with Crippen molar-refractivity contribution in [3.05, 3.63) is 99.5 Å². The van der Waals surface area contributed by atoms with Gasteiger partial charge in [-0.05, 0) is 55.1 Å². The van der Waals surface area contributed by atoms with E-state index in [0.717, 1.165) is 5.56 Å². The molecule has 32 heavy (non-hydrogen) atoms. The Bertz CT molecular complexity index is 1070. The molecule has 166 valence electrons. The molecule has 0 aliphatic heterocycles. The van der Waals surface area contributed by atoms with Crippen molar-refractivity contribution in [1.82, 2.24) is 4.90 Å². The standard InChI is InChI=1S/C25H23Cl2NO4/c1-28(16-24(29)30)14-13-23(17-5-3-2-4-6-17)32-20-10-7-18(8-11-20)25(31)19-9-12-21(26)22(27)15-19/h2-12,15,23H,13-14,16H2,1H3,(H,29,30). The fraction of sp³-hybridized carbons (Fsp3) is 0.200. The van der Waals surface area contributed by atoms with Gasteiger partial charge in [0, 0.05) is 24.1 Å². The van der Waals surface area contributed by atoms with Gasteiger partial charge in [0.1, 0.15) is 11.9 Å². The summed E-state index contributed by atoms with van der Waals surface area (Å²) in [7, 11) is 1.76. The highest BCUT2D eigenvalue weighted by molar-refractivity contribution is 6.42. The molecule has 3 aromatic rings. The third-order valence-corrected chi connectivity index (χ3v) is 5.67. The summed E-state index contributed by atoms with van der Waals surface area (Å²) in [5.74, 6) is -0.414. The van der Waals surface area contributed by atoms with E-state index >= 15 is 0 Å². The molecular weight excluding hydrogens is 449 g/mol. The minimum atomic E-state index is -0.869. The van der Waals surface area contributed by atoms with Crippen LogP contribution in [0.5, 0.6) is 5.75 Å². The van der Waals surface area contributed by atoms with E-state index in [-0.39, 0.29) is 18.4 Å². The van der Waals surface area contributed by atoms with Gasteiger partial charge in [-0.2, -0.15) is 0 Å². The predicted octanol–water partition coefficient (Wildman–Crippen LogP) is 5.75. The smallest absolute Gasteiger partial charge is 0.317 e. The Kier molecular flexibility index (Phi) is 8.28. The molecule has 0 heterocycles. The van der Waals surface area contributed by atoms with E-state index in [4.69, 9.17) is 33.0 Å². The van der Waals surface area contributed by atoms with Crippen LogP contribution in [0.3, 0.4) is 0 Å². The number of ketones is 1. The first-order chi connectivity index (χ1) is 15.3. The highest BCUT2D eigenvalue weighted by Crippen LogP contribution is 2.27. The second-order valence-electron chi connectivity index (χ2n) is 7.42. The first-order valence-electron chi connectivity index (χ1n) is 10.0. The van der Waals surface area contributed by atoms with Crippen LogP contribution in [0.2, 0.25) is 10.0 Å². The van der Waals surface area contributed by atoms with Gasteiger partial charge in [0.25, 0.3) is 0 Å². The second kappa shape index (κ2) is 11.1. The molecule has 0 bridgehead atoms. The average molecular weight is 472 g/mol. The van der Waals surface area contributed by atoms with Gasteiger partial charge in [-0.1, -0.05) is 53.5 Å². The Morgan fingerprint density at radius 3 is 2.22 bits per heavy atom. The zero-order valence-electron chi connectivity index (χ0n) is 17.5. The molecule has 3 aromatic carbocycles. The molecule has 0 radical (unpaired) electrons. The summed E-state index contributed by atoms with van der Waals surface area (Å²) < 4.78 is 6.21. The number of rotatable bonds is 10. The number of hydrogen-bond donors (Lipinski definition) is 1. The largest absolute Gasteiger partial charge is 0.486 e. The lowest BCUT2D eigenvalue weighted by atomic mass is 10.0. The van der Waals surface area contributed by atoms with E-state index in [1.807, 2.05) is 30.3 Å². The Labute approximate surface area is 197 Å². The summed E-state index contributed by atoms with van der Waals surface area (Å²) in [6.45, 7) is 0.521. The van der Waals surface area contributed by atoms with Gasteiger partial charge >= 0.3 is 5.97 Å². The number of benzene rings is 3. The summed E-state index contributed by atoms with van der Waals surface area (Å²) >= 11 is 12.0. The van der Waals surface area contributed by atoms with Crippen LogP contribution in [0.15, 0.2) is 72.8 Å². The molecule has 7 heteroatoms. The third-order valence-electron chi connectivity index (χ3n) is 4.93. The average Bonchev–Trinajstić information content (AvgIpc) is 2.78. The van der Waals surface area contributed by atoms with Gasteiger partial charge in [0.05, 0.1) is 16.6 Å². The number of carbonyl (C=O) groups is 2. The van der Waals surface area contributed by atoms with Gasteiger partial charge in [0.2, 0.25) is 0 Å². The lowest BCUT2D eigenvalue weighted by Crippen LogP contribution is -2.28. The quantitative estimate of drug-likeness (QED) is 0.381. The van der Waals surface area contributed by atoms with Crippen LogP contribution in [0.1, 0.15) is 34.0 Å². The van der Waals surface area contributed by atoms with Gasteiger partial charge < -0.3 is 9.84 Å². The van der Waals surface area contributed by atoms with Crippen LogP contribution < -0.4 is 4.74 Å². The van der Waals surface area contributed by atoms with Gasteiger partial charge in [-0.15, -0.1) is 0 Å². The summed E-state index contributed by atoms with van der Waals surface area (Å²) in [5, 5.41) is 9.69. The molecule has 5 nitrogen and oxygen atoms in total. The first-order valence-corrected chi connectivity index (χ1v) is 10.8. The molecule has 3 rings (SSSR count). The zero-order valence-corrected chi connectivity index (χ0v) is 19.0. The lowest BCUT2D eigenvalue weighted by Gasteiger charge is -2.22. The molecule has 0 saturated carbocycles. The van der Waals surface area contributed by atoms with Crippen molar-refractivity contribution in [3.63, 3.8) is 0 Å². The third kappa shape index (κ3) is 6.57. The van der Waals surface area contributed by atoms with Crippen LogP contribution in [0.25, 0.3) is 0 Å². The lowest BCUT2D eigenvalue weighted by molar-refractivity contribution is -0.138. The summed E-state index contributed by atoms with van der Waals surface area (Å²) in [5.41, 5.74) is 1.96. The summed E-state index contributed by atoms with van der Waals surface area (Å²) in [6.07, 6.45) is 0.349. The Hall–Kier alpha value is -2.86. The van der Waals surface area contributed by atoms with E-state index in [0.29, 0.717) is 39.9 Å². The van der Waals surface area contributed by atoms with Crippen molar-refractivity contribution >= 4 is 35.0 Å². The molecule has 0 spiro atoms. The normalized spacial score (nSPS) is 11.9. The second-order valence-corrected chi connectivity index (χ2v) is 8.23. The van der Waals surface area contributed by atoms with Gasteiger partial charge in [0.15, 0.2) is 5.78 Å². The minimum Gasteiger partial charge on any atom is -0.486 e. The van der Waals surface area contributed by atoms with E-state index in [1.165, 1.54) is 0 Å². The van der Waals surface area contributed by atoms with Crippen LogP contribution in [0, 0.1) is 0 Å². The molecule has 0 saturated heterocycles. The van der Waals surface area contributed by atoms with E-state index in [9.17, 15) is 9.59 Å². The van der Waals surface area contributed by atoms with E-state index in [1.54, 1.807) is 54.4 Å². The highest BCUT2D eigenvalue weighted by Gasteiger charge is 2.16. The minimum absolute atomic E-state index is 0.0347. The SMILES string of the molecule is CN(CCC(Oc1ccc(C(=O)c2ccc(Cl)c(Cl)c2)cc1)c1ccccc1)CC(=O)O. The topological polar surface area (TPSA) is 66.8 Å². The molecule has 0 amide bonds. The molecule has 1 atom stereocenters. The molecule has 0 aromatic heterocycles. The van der Waals surface area contributed by atoms with Crippen LogP contribution >= 0.6 is 23.2 Å². The molecular formula is C25H23Cl2NO4. The molecule has 0 aliphatic rings. The Morgan fingerprint density at radius 2 is 1.59 bits per heavy atom. The van der Waals surface area contributed by atoms with Crippen LogP contribution in [0.4, 0.5) is 0 Å². The number of carboxylic acids is 1. The van der Waals surface area contributed by atoms with Crippen molar-refractivity contribution in [2.45, 2.75) is 12.5 Å². The highest BCUT2D eigenvalue weighted by atomic mass is 35.5. The molecule has 1 N–H and O–H groups in total. The van der Waals surface area contributed by atoms with Crippen LogP contribution in [-0.4, -0.2) is 41.9 Å². The number of likely N-dealkylation sites (N-methyl/N-ethyl adjacent to an activating group) is 1. The Morgan fingerprint density at radius 1 is 0.938 bits per heavy atom. The van der Waals surface area contributed by atoms with Crippen molar-refractivity contribution in [2.24, 2.45) is 0 Å². The van der Waals surface area contributed by atoms with E-state index in [2.05, 4.69) is 0 Å². The zero-order chi connectivity index (χ0) is 23.1. The first kappa shape index (κ1) is 23.8. The van der Waals surface area contributed by atoms with Crippen LogP contribution in [-0.2, 0) is 4.79 Å². The van der Waals surface area contributed by atoms with Crippen molar-refractivity contribution < 1.29 is 19.4 Å². The van der Waals surface area contributed by atoms with Crippen molar-refractivity contribution in [3.8, 4) is 5.75 Å². The molecule has 0 aliphatic carbocycles. The van der Waals surface area contributed by atoms with Crippen molar-refractivity contribution in [2.75, 3.05) is 20.1 Å².